The minimum absolute atomic E-state index is 0.172. The number of hydrogen-bond acceptors (Lipinski definition) is 2. The Morgan fingerprint density at radius 1 is 1.03 bits per heavy atom. The maximum Gasteiger partial charge on any atom is 0.163 e. The fourth-order valence-corrected chi connectivity index (χ4v) is 5.32. The van der Waals surface area contributed by atoms with Crippen LogP contribution in [0.2, 0.25) is 0 Å². The number of aromatic amines is 1. The number of imidazole rings is 1. The molecule has 5 rings (SSSR count). The van der Waals surface area contributed by atoms with Crippen LogP contribution in [0, 0.1) is 30.3 Å². The van der Waals surface area contributed by atoms with Gasteiger partial charge in [0.2, 0.25) is 0 Å². The first-order valence-corrected chi connectivity index (χ1v) is 11.3. The Morgan fingerprint density at radius 2 is 1.81 bits per heavy atom. The van der Waals surface area contributed by atoms with E-state index in [1.54, 1.807) is 19.1 Å². The van der Waals surface area contributed by atoms with E-state index in [9.17, 15) is 13.2 Å². The van der Waals surface area contributed by atoms with Crippen LogP contribution >= 0.6 is 0 Å². The smallest absolute Gasteiger partial charge is 0.163 e. The van der Waals surface area contributed by atoms with Gasteiger partial charge < -0.3 is 4.98 Å². The third-order valence-electron chi connectivity index (χ3n) is 7.11. The molecule has 0 amide bonds. The van der Waals surface area contributed by atoms with Crippen molar-refractivity contribution < 1.29 is 13.2 Å². The Labute approximate surface area is 185 Å². The normalized spacial score (nSPS) is 20.2. The van der Waals surface area contributed by atoms with Crippen LogP contribution in [0.4, 0.5) is 13.2 Å². The zero-order valence-electron chi connectivity index (χ0n) is 18.3. The van der Waals surface area contributed by atoms with Crippen molar-refractivity contribution in [3.8, 4) is 0 Å². The standard InChI is InChI=1S/C26H26F3N3/c1-14(26-31-23-13-21(28)24(29)15(2)25(23)32-26)11-16-3-5-17(6-4-16)19-9-10-30-22-8-7-18(27)12-20(19)22/h7-10,12-14,16-17H,3-6,11H2,1-2H3,(H,31,32)/t14-,16-,17+/m1/s1. The van der Waals surface area contributed by atoms with Crippen molar-refractivity contribution in [2.75, 3.05) is 0 Å². The average Bonchev–Trinajstić information content (AvgIpc) is 3.22. The lowest BCUT2D eigenvalue weighted by atomic mass is 9.75. The molecule has 2 heterocycles. The molecule has 1 saturated carbocycles. The van der Waals surface area contributed by atoms with E-state index in [2.05, 4.69) is 21.9 Å². The molecule has 2 aromatic carbocycles. The Morgan fingerprint density at radius 3 is 2.59 bits per heavy atom. The number of nitrogens with one attached hydrogen (secondary N) is 1. The topological polar surface area (TPSA) is 41.6 Å². The van der Waals surface area contributed by atoms with Gasteiger partial charge in [-0.1, -0.05) is 6.92 Å². The van der Waals surface area contributed by atoms with Crippen LogP contribution in [0.5, 0.6) is 0 Å². The van der Waals surface area contributed by atoms with Gasteiger partial charge in [0, 0.05) is 29.1 Å². The van der Waals surface area contributed by atoms with Gasteiger partial charge in [0.05, 0.1) is 16.6 Å². The monoisotopic (exact) mass is 437 g/mol. The van der Waals surface area contributed by atoms with Crippen molar-refractivity contribution in [3.05, 3.63) is 70.9 Å². The Balaban J connectivity index is 1.28. The van der Waals surface area contributed by atoms with Gasteiger partial charge in [-0.2, -0.15) is 0 Å². The second kappa shape index (κ2) is 8.23. The first-order valence-electron chi connectivity index (χ1n) is 11.3. The van der Waals surface area contributed by atoms with Gasteiger partial charge in [0.1, 0.15) is 11.6 Å². The number of fused-ring (bicyclic) bond motifs is 2. The van der Waals surface area contributed by atoms with Crippen LogP contribution < -0.4 is 0 Å². The van der Waals surface area contributed by atoms with Gasteiger partial charge >= 0.3 is 0 Å². The third-order valence-corrected chi connectivity index (χ3v) is 7.11. The summed E-state index contributed by atoms with van der Waals surface area (Å²) in [6.07, 6.45) is 7.10. The lowest BCUT2D eigenvalue weighted by Gasteiger charge is -2.30. The molecule has 0 unspecified atom stereocenters. The highest BCUT2D eigenvalue weighted by molar-refractivity contribution is 5.82. The van der Waals surface area contributed by atoms with Gasteiger partial charge in [-0.3, -0.25) is 4.98 Å². The highest BCUT2D eigenvalue weighted by atomic mass is 19.2. The molecule has 0 bridgehead atoms. The lowest BCUT2D eigenvalue weighted by molar-refractivity contribution is 0.296. The summed E-state index contributed by atoms with van der Waals surface area (Å²) in [4.78, 5) is 12.1. The molecule has 2 aromatic heterocycles. The number of rotatable bonds is 4. The van der Waals surface area contributed by atoms with Gasteiger partial charge in [-0.15, -0.1) is 0 Å². The highest BCUT2D eigenvalue weighted by Crippen LogP contribution is 2.41. The first-order chi connectivity index (χ1) is 15.4. The molecule has 1 N–H and O–H groups in total. The quantitative estimate of drug-likeness (QED) is 0.364. The predicted octanol–water partition coefficient (Wildman–Crippen LogP) is 7.30. The molecule has 1 aliphatic rings. The summed E-state index contributed by atoms with van der Waals surface area (Å²) in [5.41, 5.74) is 3.35. The van der Waals surface area contributed by atoms with Crippen molar-refractivity contribution in [2.45, 2.75) is 57.8 Å². The van der Waals surface area contributed by atoms with Crippen LogP contribution in [0.1, 0.15) is 67.8 Å². The molecule has 1 fully saturated rings. The Bertz CT molecular complexity index is 1290. The second-order valence-corrected chi connectivity index (χ2v) is 9.23. The largest absolute Gasteiger partial charge is 0.341 e. The van der Waals surface area contributed by atoms with E-state index in [0.717, 1.165) is 54.9 Å². The second-order valence-electron chi connectivity index (χ2n) is 9.23. The van der Waals surface area contributed by atoms with E-state index < -0.39 is 11.6 Å². The van der Waals surface area contributed by atoms with Crippen molar-refractivity contribution in [2.24, 2.45) is 5.92 Å². The van der Waals surface area contributed by atoms with E-state index in [0.29, 0.717) is 22.9 Å². The zero-order valence-corrected chi connectivity index (χ0v) is 18.3. The van der Waals surface area contributed by atoms with E-state index in [4.69, 9.17) is 0 Å². The van der Waals surface area contributed by atoms with E-state index in [1.807, 2.05) is 12.3 Å². The minimum atomic E-state index is -0.859. The fraction of sp³-hybridized carbons (Fsp3) is 0.385. The lowest BCUT2D eigenvalue weighted by Crippen LogP contribution is -2.16. The Hall–Kier alpha value is -2.89. The first kappa shape index (κ1) is 21.0. The molecular weight excluding hydrogens is 411 g/mol. The van der Waals surface area contributed by atoms with Gasteiger partial charge in [-0.05, 0) is 80.7 Å². The summed E-state index contributed by atoms with van der Waals surface area (Å²) >= 11 is 0. The average molecular weight is 438 g/mol. The molecule has 4 aromatic rings. The van der Waals surface area contributed by atoms with E-state index >= 15 is 0 Å². The van der Waals surface area contributed by atoms with Crippen molar-refractivity contribution in [1.82, 2.24) is 15.0 Å². The van der Waals surface area contributed by atoms with Crippen LogP contribution in [0.3, 0.4) is 0 Å². The number of pyridine rings is 1. The number of halogens is 3. The van der Waals surface area contributed by atoms with Gasteiger partial charge in [0.15, 0.2) is 11.6 Å². The molecule has 0 saturated heterocycles. The number of nitrogens with zero attached hydrogens (tertiary/aromatic N) is 2. The number of benzene rings is 2. The molecular formula is C26H26F3N3. The van der Waals surface area contributed by atoms with Crippen LogP contribution in [0.15, 0.2) is 36.5 Å². The van der Waals surface area contributed by atoms with Crippen molar-refractivity contribution in [1.29, 1.82) is 0 Å². The predicted molar refractivity (Wildman–Crippen MR) is 120 cm³/mol. The molecule has 166 valence electrons. The molecule has 6 heteroatoms. The molecule has 0 aliphatic heterocycles. The summed E-state index contributed by atoms with van der Waals surface area (Å²) in [6.45, 7) is 3.69. The zero-order chi connectivity index (χ0) is 22.4. The van der Waals surface area contributed by atoms with Gasteiger partial charge in [-0.25, -0.2) is 18.2 Å². The number of aromatic nitrogens is 3. The molecule has 1 atom stereocenters. The summed E-state index contributed by atoms with van der Waals surface area (Å²) < 4.78 is 41.4. The van der Waals surface area contributed by atoms with Crippen molar-refractivity contribution >= 4 is 21.9 Å². The number of hydrogen-bond donors (Lipinski definition) is 1. The third kappa shape index (κ3) is 3.76. The van der Waals surface area contributed by atoms with E-state index in [1.165, 1.54) is 11.6 Å². The van der Waals surface area contributed by atoms with Gasteiger partial charge in [0.25, 0.3) is 0 Å². The molecule has 1 aliphatic carbocycles. The van der Waals surface area contributed by atoms with Crippen LogP contribution in [-0.4, -0.2) is 15.0 Å². The number of aryl methyl sites for hydroxylation is 1. The Kier molecular flexibility index (Phi) is 5.39. The summed E-state index contributed by atoms with van der Waals surface area (Å²) in [5, 5.41) is 0.918. The maximum atomic E-state index is 13.9. The number of H-pyrrole nitrogens is 1. The van der Waals surface area contributed by atoms with Crippen molar-refractivity contribution in [3.63, 3.8) is 0 Å². The molecule has 3 nitrogen and oxygen atoms in total. The van der Waals surface area contributed by atoms with Crippen LogP contribution in [-0.2, 0) is 0 Å². The molecule has 0 radical (unpaired) electrons. The minimum Gasteiger partial charge on any atom is -0.341 e. The van der Waals surface area contributed by atoms with Crippen LogP contribution in [0.25, 0.3) is 21.9 Å². The highest BCUT2D eigenvalue weighted by Gasteiger charge is 2.26. The summed E-state index contributed by atoms with van der Waals surface area (Å²) in [6, 6.07) is 8.00. The SMILES string of the molecule is Cc1c(F)c(F)cc2nc([C@H](C)C[C@H]3CC[C@@H](c4ccnc5ccc(F)cc54)CC3)[nH]c12. The summed E-state index contributed by atoms with van der Waals surface area (Å²) in [7, 11) is 0. The fourth-order valence-electron chi connectivity index (χ4n) is 5.32. The molecule has 0 spiro atoms. The van der Waals surface area contributed by atoms with E-state index in [-0.39, 0.29) is 17.3 Å². The maximum absolute atomic E-state index is 13.9. The summed E-state index contributed by atoms with van der Waals surface area (Å²) in [5.74, 6) is 0.0264. The molecule has 32 heavy (non-hydrogen) atoms.